The molecule has 3 N–H and O–H groups in total. The fraction of sp³-hybridized carbons (Fsp3) is 0.444. The minimum Gasteiger partial charge on any atom is -0.487 e. The maximum absolute atomic E-state index is 13.5. The standard InChI is InChI=1S/C27H33F3N4O5/c1-17-14-34(18(2)16-35)25(37)21-13-20(31-24(36)11-12-27(28,29)30)9-10-22(21)39-23(17)15-33(3)26(38)32-19-7-5-4-6-8-19/h4-10,13,17-18,23,35H,11-12,14-16H2,1-3H3,(H,31,36)(H,32,38)/t17-,18-,23-/m0/s1. The lowest BCUT2D eigenvalue weighted by atomic mass is 9.99. The lowest BCUT2D eigenvalue weighted by Crippen LogP contribution is -2.50. The third kappa shape index (κ3) is 8.34. The normalized spacial score (nSPS) is 18.2. The van der Waals surface area contributed by atoms with E-state index < -0.39 is 43.0 Å². The zero-order chi connectivity index (χ0) is 28.7. The number of nitrogens with one attached hydrogen (secondary N) is 2. The van der Waals surface area contributed by atoms with Crippen molar-refractivity contribution in [3.05, 3.63) is 54.1 Å². The molecule has 0 fully saturated rings. The molecule has 0 saturated carbocycles. The number of aliphatic hydroxyl groups excluding tert-OH is 1. The molecule has 0 spiro atoms. The van der Waals surface area contributed by atoms with Crippen molar-refractivity contribution in [3.8, 4) is 5.75 Å². The number of hydrogen-bond donors (Lipinski definition) is 3. The molecular formula is C27H33F3N4O5. The molecule has 0 bridgehead atoms. The van der Waals surface area contributed by atoms with E-state index in [1.807, 2.05) is 13.0 Å². The number of aliphatic hydroxyl groups is 1. The van der Waals surface area contributed by atoms with Gasteiger partial charge < -0.3 is 30.3 Å². The van der Waals surface area contributed by atoms with Gasteiger partial charge in [0.25, 0.3) is 5.91 Å². The zero-order valence-electron chi connectivity index (χ0n) is 22.0. The topological polar surface area (TPSA) is 111 Å². The average Bonchev–Trinajstić information content (AvgIpc) is 2.89. The van der Waals surface area contributed by atoms with Crippen LogP contribution in [-0.2, 0) is 4.79 Å². The Morgan fingerprint density at radius 2 is 1.85 bits per heavy atom. The smallest absolute Gasteiger partial charge is 0.389 e. The molecule has 1 aliphatic heterocycles. The molecule has 0 unspecified atom stereocenters. The van der Waals surface area contributed by atoms with E-state index in [1.165, 1.54) is 28.0 Å². The van der Waals surface area contributed by atoms with Crippen molar-refractivity contribution in [1.29, 1.82) is 0 Å². The molecule has 39 heavy (non-hydrogen) atoms. The number of carbonyl (C=O) groups is 3. The average molecular weight is 551 g/mol. The first-order chi connectivity index (χ1) is 18.4. The number of ether oxygens (including phenoxy) is 1. The van der Waals surface area contributed by atoms with E-state index in [1.54, 1.807) is 38.2 Å². The van der Waals surface area contributed by atoms with Crippen LogP contribution in [0, 0.1) is 5.92 Å². The Hall–Kier alpha value is -3.80. The summed E-state index contributed by atoms with van der Waals surface area (Å²) in [7, 11) is 1.62. The molecule has 0 radical (unpaired) electrons. The Morgan fingerprint density at radius 3 is 2.49 bits per heavy atom. The van der Waals surface area contributed by atoms with Crippen molar-refractivity contribution >= 4 is 29.2 Å². The van der Waals surface area contributed by atoms with Crippen LogP contribution in [0.1, 0.15) is 37.0 Å². The maximum atomic E-state index is 13.5. The van der Waals surface area contributed by atoms with Gasteiger partial charge in [-0.05, 0) is 37.3 Å². The Morgan fingerprint density at radius 1 is 1.15 bits per heavy atom. The number of carbonyl (C=O) groups excluding carboxylic acids is 3. The molecule has 1 aliphatic rings. The Labute approximate surface area is 224 Å². The molecule has 0 aliphatic carbocycles. The van der Waals surface area contributed by atoms with Crippen LogP contribution in [0.2, 0.25) is 0 Å². The van der Waals surface area contributed by atoms with Gasteiger partial charge in [0, 0.05) is 37.3 Å². The molecule has 1 heterocycles. The molecule has 2 aromatic rings. The van der Waals surface area contributed by atoms with E-state index in [4.69, 9.17) is 4.74 Å². The number of hydrogen-bond acceptors (Lipinski definition) is 5. The summed E-state index contributed by atoms with van der Waals surface area (Å²) in [5, 5.41) is 15.0. The number of benzene rings is 2. The molecule has 212 valence electrons. The molecule has 3 rings (SSSR count). The van der Waals surface area contributed by atoms with Crippen LogP contribution in [0.25, 0.3) is 0 Å². The van der Waals surface area contributed by atoms with Gasteiger partial charge in [-0.15, -0.1) is 0 Å². The quantitative estimate of drug-likeness (QED) is 0.453. The summed E-state index contributed by atoms with van der Waals surface area (Å²) in [6.07, 6.45) is -7.04. The summed E-state index contributed by atoms with van der Waals surface area (Å²) in [5.41, 5.74) is 0.848. The number of rotatable bonds is 8. The molecular weight excluding hydrogens is 517 g/mol. The van der Waals surface area contributed by atoms with Crippen LogP contribution >= 0.6 is 0 Å². The second kappa shape index (κ2) is 12.8. The highest BCUT2D eigenvalue weighted by atomic mass is 19.4. The molecule has 0 saturated heterocycles. The summed E-state index contributed by atoms with van der Waals surface area (Å²) < 4.78 is 43.7. The third-order valence-corrected chi connectivity index (χ3v) is 6.41. The van der Waals surface area contributed by atoms with Gasteiger partial charge in [-0.25, -0.2) is 4.79 Å². The number of anilines is 2. The fourth-order valence-electron chi connectivity index (χ4n) is 4.09. The van der Waals surface area contributed by atoms with Gasteiger partial charge in [-0.1, -0.05) is 25.1 Å². The summed E-state index contributed by atoms with van der Waals surface area (Å²) >= 11 is 0. The van der Waals surface area contributed by atoms with Gasteiger partial charge in [-0.3, -0.25) is 9.59 Å². The van der Waals surface area contributed by atoms with E-state index in [2.05, 4.69) is 10.6 Å². The number of amides is 4. The monoisotopic (exact) mass is 550 g/mol. The molecule has 9 nitrogen and oxygen atoms in total. The third-order valence-electron chi connectivity index (χ3n) is 6.41. The van der Waals surface area contributed by atoms with Crippen molar-refractivity contribution in [2.75, 3.05) is 37.4 Å². The number of likely N-dealkylation sites (N-methyl/N-ethyl adjacent to an activating group) is 1. The van der Waals surface area contributed by atoms with Gasteiger partial charge in [0.05, 0.1) is 31.2 Å². The van der Waals surface area contributed by atoms with Crippen molar-refractivity contribution in [2.24, 2.45) is 5.92 Å². The lowest BCUT2D eigenvalue weighted by Gasteiger charge is -2.38. The highest BCUT2D eigenvalue weighted by Crippen LogP contribution is 2.31. The lowest BCUT2D eigenvalue weighted by molar-refractivity contribution is -0.142. The largest absolute Gasteiger partial charge is 0.487 e. The van der Waals surface area contributed by atoms with E-state index in [-0.39, 0.29) is 48.6 Å². The summed E-state index contributed by atoms with van der Waals surface area (Å²) in [6, 6.07) is 12.3. The summed E-state index contributed by atoms with van der Waals surface area (Å²) in [5.74, 6) is -1.36. The summed E-state index contributed by atoms with van der Waals surface area (Å²) in [4.78, 5) is 41.2. The zero-order valence-corrected chi connectivity index (χ0v) is 22.0. The van der Waals surface area contributed by atoms with Gasteiger partial charge in [0.1, 0.15) is 11.9 Å². The van der Waals surface area contributed by atoms with Gasteiger partial charge in [-0.2, -0.15) is 13.2 Å². The molecule has 12 heteroatoms. The predicted octanol–water partition coefficient (Wildman–Crippen LogP) is 4.35. The number of fused-ring (bicyclic) bond motifs is 1. The first kappa shape index (κ1) is 29.8. The summed E-state index contributed by atoms with van der Waals surface area (Å²) in [6.45, 7) is 3.64. The molecule has 3 atom stereocenters. The van der Waals surface area contributed by atoms with Crippen LogP contribution in [0.5, 0.6) is 5.75 Å². The maximum Gasteiger partial charge on any atom is 0.389 e. The van der Waals surface area contributed by atoms with E-state index in [0.717, 1.165) is 0 Å². The first-order valence-corrected chi connectivity index (χ1v) is 12.5. The number of nitrogens with zero attached hydrogens (tertiary/aromatic N) is 2. The van der Waals surface area contributed by atoms with Crippen LogP contribution < -0.4 is 15.4 Å². The fourth-order valence-corrected chi connectivity index (χ4v) is 4.09. The van der Waals surface area contributed by atoms with Crippen LogP contribution in [0.4, 0.5) is 29.3 Å². The Balaban J connectivity index is 1.83. The highest BCUT2D eigenvalue weighted by Gasteiger charge is 2.34. The SMILES string of the molecule is C[C@H]1CN([C@@H](C)CO)C(=O)c2cc(NC(=O)CCC(F)(F)F)ccc2O[C@H]1CN(C)C(=O)Nc1ccccc1. The highest BCUT2D eigenvalue weighted by molar-refractivity contribution is 6.00. The van der Waals surface area contributed by atoms with Gasteiger partial charge in [0.15, 0.2) is 0 Å². The van der Waals surface area contributed by atoms with Crippen molar-refractivity contribution in [3.63, 3.8) is 0 Å². The van der Waals surface area contributed by atoms with E-state index in [0.29, 0.717) is 5.69 Å². The minimum absolute atomic E-state index is 0.0808. The number of urea groups is 1. The number of alkyl halides is 3. The second-order valence-electron chi connectivity index (χ2n) is 9.67. The van der Waals surface area contributed by atoms with E-state index in [9.17, 15) is 32.7 Å². The Bertz CT molecular complexity index is 1160. The van der Waals surface area contributed by atoms with Gasteiger partial charge >= 0.3 is 12.2 Å². The Kier molecular flexibility index (Phi) is 9.79. The first-order valence-electron chi connectivity index (χ1n) is 12.5. The molecule has 4 amide bonds. The van der Waals surface area contributed by atoms with Crippen molar-refractivity contribution < 1.29 is 37.4 Å². The van der Waals surface area contributed by atoms with Gasteiger partial charge in [0.2, 0.25) is 5.91 Å². The van der Waals surface area contributed by atoms with E-state index >= 15 is 0 Å². The molecule has 2 aromatic carbocycles. The number of halogens is 3. The minimum atomic E-state index is -4.47. The molecule has 0 aromatic heterocycles. The second-order valence-corrected chi connectivity index (χ2v) is 9.67. The van der Waals surface area contributed by atoms with Crippen LogP contribution in [-0.4, -0.2) is 77.8 Å². The van der Waals surface area contributed by atoms with Crippen LogP contribution in [0.15, 0.2) is 48.5 Å². The van der Waals surface area contributed by atoms with Crippen LogP contribution in [0.3, 0.4) is 0 Å². The van der Waals surface area contributed by atoms with Crippen molar-refractivity contribution in [1.82, 2.24) is 9.80 Å². The number of para-hydroxylation sites is 1. The van der Waals surface area contributed by atoms with Crippen molar-refractivity contribution in [2.45, 2.75) is 45.0 Å². The predicted molar refractivity (Wildman–Crippen MR) is 140 cm³/mol.